The van der Waals surface area contributed by atoms with Gasteiger partial charge in [-0.05, 0) is 12.8 Å². The number of nitro benzene ring substituents is 2. The van der Waals surface area contributed by atoms with E-state index in [1.165, 1.54) is 0 Å². The summed E-state index contributed by atoms with van der Waals surface area (Å²) in [7, 11) is 0. The Balaban J connectivity index is 2.90. The summed E-state index contributed by atoms with van der Waals surface area (Å²) in [4.78, 5) is 31.5. The maximum atomic E-state index is 11.7. The number of non-ortho nitro benzene ring substituents is 2. The third-order valence-electron chi connectivity index (χ3n) is 2.46. The summed E-state index contributed by atoms with van der Waals surface area (Å²) in [6.45, 7) is 0.272. The number of nitrogens with one attached hydrogen (secondary N) is 1. The van der Waals surface area contributed by atoms with Crippen molar-refractivity contribution in [3.8, 4) is 0 Å². The second-order valence-electron chi connectivity index (χ2n) is 3.94. The molecule has 9 heteroatoms. The van der Waals surface area contributed by atoms with Crippen molar-refractivity contribution in [2.45, 2.75) is 12.8 Å². The van der Waals surface area contributed by atoms with Crippen molar-refractivity contribution < 1.29 is 19.7 Å². The van der Waals surface area contributed by atoms with Gasteiger partial charge in [-0.25, -0.2) is 0 Å². The molecule has 0 bridgehead atoms. The lowest BCUT2D eigenvalue weighted by Crippen LogP contribution is -2.24. The Labute approximate surface area is 113 Å². The quantitative estimate of drug-likeness (QED) is 0.435. The zero-order valence-corrected chi connectivity index (χ0v) is 10.4. The number of carbonyl (C=O) groups excluding carboxylic acids is 1. The fraction of sp³-hybridized carbons (Fsp3) is 0.364. The summed E-state index contributed by atoms with van der Waals surface area (Å²) in [5.41, 5.74) is -1.17. The Morgan fingerprint density at radius 1 is 1.10 bits per heavy atom. The van der Waals surface area contributed by atoms with E-state index in [2.05, 4.69) is 5.32 Å². The van der Waals surface area contributed by atoms with Crippen molar-refractivity contribution in [1.29, 1.82) is 0 Å². The van der Waals surface area contributed by atoms with Gasteiger partial charge < -0.3 is 10.4 Å². The Morgan fingerprint density at radius 2 is 1.65 bits per heavy atom. The molecule has 0 aliphatic carbocycles. The number of hydrogen-bond acceptors (Lipinski definition) is 6. The highest BCUT2D eigenvalue weighted by atomic mass is 16.6. The lowest BCUT2D eigenvalue weighted by molar-refractivity contribution is -0.394. The molecule has 0 radical (unpaired) electrons. The highest BCUT2D eigenvalue weighted by molar-refractivity contribution is 5.95. The maximum absolute atomic E-state index is 11.7. The Kier molecular flexibility index (Phi) is 5.54. The molecule has 2 N–H and O–H groups in total. The Morgan fingerprint density at radius 3 is 2.10 bits per heavy atom. The summed E-state index contributed by atoms with van der Waals surface area (Å²) in [6.07, 6.45) is 1.05. The van der Waals surface area contributed by atoms with Crippen LogP contribution in [0.1, 0.15) is 23.2 Å². The number of nitro groups is 2. The minimum atomic E-state index is -0.796. The van der Waals surface area contributed by atoms with Gasteiger partial charge in [-0.15, -0.1) is 0 Å². The van der Waals surface area contributed by atoms with Gasteiger partial charge in [-0.2, -0.15) is 0 Å². The van der Waals surface area contributed by atoms with E-state index in [4.69, 9.17) is 5.11 Å². The zero-order valence-electron chi connectivity index (χ0n) is 10.4. The van der Waals surface area contributed by atoms with Crippen molar-refractivity contribution in [2.24, 2.45) is 0 Å². The molecule has 0 aliphatic heterocycles. The third-order valence-corrected chi connectivity index (χ3v) is 2.46. The van der Waals surface area contributed by atoms with Gasteiger partial charge in [-0.3, -0.25) is 25.0 Å². The van der Waals surface area contributed by atoms with Crippen molar-refractivity contribution in [3.63, 3.8) is 0 Å². The SMILES string of the molecule is O=C(NCCCCO)c1cc([N+](=O)[O-])cc([N+](=O)[O-])c1. The Bertz CT molecular complexity index is 499. The summed E-state index contributed by atoms with van der Waals surface area (Å²) < 4.78 is 0. The van der Waals surface area contributed by atoms with E-state index in [9.17, 15) is 25.0 Å². The first-order valence-electron chi connectivity index (χ1n) is 5.78. The number of hydrogen-bond donors (Lipinski definition) is 2. The van der Waals surface area contributed by atoms with E-state index in [1.54, 1.807) is 0 Å². The van der Waals surface area contributed by atoms with Gasteiger partial charge in [0, 0.05) is 25.3 Å². The monoisotopic (exact) mass is 283 g/mol. The Hall–Kier alpha value is -2.55. The fourth-order valence-corrected chi connectivity index (χ4v) is 1.48. The number of benzene rings is 1. The van der Waals surface area contributed by atoms with E-state index < -0.39 is 27.1 Å². The van der Waals surface area contributed by atoms with Crippen molar-refractivity contribution >= 4 is 17.3 Å². The molecular formula is C11H13N3O6. The van der Waals surface area contributed by atoms with E-state index >= 15 is 0 Å². The largest absolute Gasteiger partial charge is 0.396 e. The van der Waals surface area contributed by atoms with E-state index in [0.717, 1.165) is 18.2 Å². The summed E-state index contributed by atoms with van der Waals surface area (Å²) in [5.74, 6) is -0.630. The number of aliphatic hydroxyl groups is 1. The van der Waals surface area contributed by atoms with Crippen LogP contribution in [0.25, 0.3) is 0 Å². The maximum Gasteiger partial charge on any atom is 0.277 e. The van der Waals surface area contributed by atoms with E-state index in [0.29, 0.717) is 12.8 Å². The molecule has 0 saturated carbocycles. The molecule has 0 atom stereocenters. The molecule has 9 nitrogen and oxygen atoms in total. The number of amides is 1. The molecule has 0 heterocycles. The number of nitrogens with zero attached hydrogens (tertiary/aromatic N) is 2. The molecule has 0 fully saturated rings. The average molecular weight is 283 g/mol. The molecular weight excluding hydrogens is 270 g/mol. The second-order valence-corrected chi connectivity index (χ2v) is 3.94. The normalized spacial score (nSPS) is 10.1. The standard InChI is InChI=1S/C11H13N3O6/c15-4-2-1-3-12-11(16)8-5-9(13(17)18)7-10(6-8)14(19)20/h5-7,15H,1-4H2,(H,12,16). The highest BCUT2D eigenvalue weighted by Crippen LogP contribution is 2.22. The van der Waals surface area contributed by atoms with Crippen molar-refractivity contribution in [1.82, 2.24) is 5.32 Å². The van der Waals surface area contributed by atoms with Crippen LogP contribution in [0.5, 0.6) is 0 Å². The van der Waals surface area contributed by atoms with Crippen molar-refractivity contribution in [2.75, 3.05) is 13.2 Å². The average Bonchev–Trinajstić information content (AvgIpc) is 2.42. The van der Waals surface area contributed by atoms with Gasteiger partial charge in [0.25, 0.3) is 17.3 Å². The van der Waals surface area contributed by atoms with Gasteiger partial charge in [0.15, 0.2) is 0 Å². The van der Waals surface area contributed by atoms with Gasteiger partial charge in [0.05, 0.1) is 21.5 Å². The number of aliphatic hydroxyl groups excluding tert-OH is 1. The van der Waals surface area contributed by atoms with Crippen molar-refractivity contribution in [3.05, 3.63) is 44.0 Å². The number of unbranched alkanes of at least 4 members (excludes halogenated alkanes) is 1. The predicted octanol–water partition coefficient (Wildman–Crippen LogP) is 1.01. The molecule has 1 rings (SSSR count). The van der Waals surface area contributed by atoms with E-state index in [-0.39, 0.29) is 18.7 Å². The molecule has 1 aromatic carbocycles. The second kappa shape index (κ2) is 7.14. The first-order valence-corrected chi connectivity index (χ1v) is 5.78. The smallest absolute Gasteiger partial charge is 0.277 e. The van der Waals surface area contributed by atoms with Crippen LogP contribution >= 0.6 is 0 Å². The molecule has 0 aromatic heterocycles. The zero-order chi connectivity index (χ0) is 15.1. The molecule has 0 unspecified atom stereocenters. The van der Waals surface area contributed by atoms with Crippen LogP contribution in [-0.2, 0) is 0 Å². The number of rotatable bonds is 7. The molecule has 0 saturated heterocycles. The van der Waals surface area contributed by atoms with Crippen LogP contribution < -0.4 is 5.32 Å². The van der Waals surface area contributed by atoms with Gasteiger partial charge in [0.1, 0.15) is 0 Å². The summed E-state index contributed by atoms with van der Waals surface area (Å²) in [6, 6.07) is 2.76. The minimum Gasteiger partial charge on any atom is -0.396 e. The lowest BCUT2D eigenvalue weighted by Gasteiger charge is -2.04. The minimum absolute atomic E-state index is 0.00183. The third kappa shape index (κ3) is 4.28. The van der Waals surface area contributed by atoms with Gasteiger partial charge >= 0.3 is 0 Å². The van der Waals surface area contributed by atoms with Crippen LogP contribution in [0.15, 0.2) is 18.2 Å². The molecule has 1 aromatic rings. The van der Waals surface area contributed by atoms with Crippen LogP contribution in [0.2, 0.25) is 0 Å². The topological polar surface area (TPSA) is 136 Å². The van der Waals surface area contributed by atoms with Crippen LogP contribution in [0, 0.1) is 20.2 Å². The van der Waals surface area contributed by atoms with Crippen LogP contribution in [0.3, 0.4) is 0 Å². The molecule has 20 heavy (non-hydrogen) atoms. The molecule has 108 valence electrons. The van der Waals surface area contributed by atoms with Gasteiger partial charge in [0.2, 0.25) is 0 Å². The van der Waals surface area contributed by atoms with Crippen LogP contribution in [-0.4, -0.2) is 34.0 Å². The fourth-order valence-electron chi connectivity index (χ4n) is 1.48. The molecule has 1 amide bonds. The summed E-state index contributed by atoms with van der Waals surface area (Å²) in [5, 5.41) is 32.4. The predicted molar refractivity (Wildman–Crippen MR) is 68.4 cm³/mol. The summed E-state index contributed by atoms with van der Waals surface area (Å²) >= 11 is 0. The lowest BCUT2D eigenvalue weighted by atomic mass is 10.1. The van der Waals surface area contributed by atoms with Crippen LogP contribution in [0.4, 0.5) is 11.4 Å². The first-order chi connectivity index (χ1) is 9.45. The molecule has 0 aliphatic rings. The van der Waals surface area contributed by atoms with Gasteiger partial charge in [-0.1, -0.05) is 0 Å². The molecule has 0 spiro atoms. The number of carbonyl (C=O) groups is 1. The highest BCUT2D eigenvalue weighted by Gasteiger charge is 2.19. The van der Waals surface area contributed by atoms with E-state index in [1.807, 2.05) is 0 Å². The first kappa shape index (κ1) is 15.5.